The first-order valence-corrected chi connectivity index (χ1v) is 8.44. The highest BCUT2D eigenvalue weighted by atomic mass is 16.2. The second-order valence-electron chi connectivity index (χ2n) is 7.66. The topological polar surface area (TPSA) is 58.2 Å². The molecule has 1 aliphatic rings. The maximum atomic E-state index is 12.4. The lowest BCUT2D eigenvalue weighted by atomic mass is 9.69. The highest BCUT2D eigenvalue weighted by Gasteiger charge is 2.32. The molecule has 1 saturated carbocycles. The largest absolute Gasteiger partial charge is 0.326 e. The summed E-state index contributed by atoms with van der Waals surface area (Å²) in [5.74, 6) is 0.842. The van der Waals surface area contributed by atoms with Gasteiger partial charge in [0.05, 0.1) is 0 Å². The van der Waals surface area contributed by atoms with Gasteiger partial charge >= 0.3 is 0 Å². The molecule has 0 aliphatic heterocycles. The molecule has 1 fully saturated rings. The predicted molar refractivity (Wildman–Crippen MR) is 94.3 cm³/mol. The van der Waals surface area contributed by atoms with E-state index in [1.165, 1.54) is 6.92 Å². The van der Waals surface area contributed by atoms with Gasteiger partial charge in [0, 0.05) is 24.2 Å². The van der Waals surface area contributed by atoms with Crippen molar-refractivity contribution in [3.8, 4) is 0 Å². The van der Waals surface area contributed by atoms with Gasteiger partial charge in [-0.25, -0.2) is 0 Å². The summed E-state index contributed by atoms with van der Waals surface area (Å²) in [4.78, 5) is 23.4. The lowest BCUT2D eigenvalue weighted by Gasteiger charge is -2.36. The summed E-state index contributed by atoms with van der Waals surface area (Å²) in [6.45, 7) is 8.34. The van der Waals surface area contributed by atoms with Gasteiger partial charge in [0.2, 0.25) is 11.8 Å². The first-order valence-electron chi connectivity index (χ1n) is 8.44. The van der Waals surface area contributed by atoms with Crippen molar-refractivity contribution in [1.82, 2.24) is 0 Å². The number of amides is 2. The van der Waals surface area contributed by atoms with Crippen LogP contribution in [0.2, 0.25) is 0 Å². The standard InChI is InChI=1S/C19H28N2O2/c1-13(22)20-16-9-11-17(12-10-16)21-18(23)14-5-7-15(8-6-14)19(2,3)4/h9-12,14-15H,5-8H2,1-4H3,(H,20,22)(H,21,23). The third-order valence-corrected chi connectivity index (χ3v) is 4.80. The highest BCUT2D eigenvalue weighted by Crippen LogP contribution is 2.40. The normalized spacial score (nSPS) is 21.6. The molecule has 0 saturated heterocycles. The number of rotatable bonds is 3. The molecule has 0 atom stereocenters. The van der Waals surface area contributed by atoms with Crippen molar-refractivity contribution in [3.63, 3.8) is 0 Å². The number of hydrogen-bond acceptors (Lipinski definition) is 2. The minimum atomic E-state index is -0.0996. The van der Waals surface area contributed by atoms with Crippen LogP contribution in [0.25, 0.3) is 0 Å². The van der Waals surface area contributed by atoms with E-state index < -0.39 is 0 Å². The molecule has 1 aromatic rings. The molecule has 0 bridgehead atoms. The smallest absolute Gasteiger partial charge is 0.227 e. The Kier molecular flexibility index (Phi) is 5.45. The molecule has 0 radical (unpaired) electrons. The van der Waals surface area contributed by atoms with Crippen LogP contribution in [0.1, 0.15) is 53.4 Å². The van der Waals surface area contributed by atoms with Crippen LogP contribution in [-0.2, 0) is 9.59 Å². The molecule has 1 aliphatic carbocycles. The Hall–Kier alpha value is -1.84. The number of nitrogens with one attached hydrogen (secondary N) is 2. The zero-order valence-corrected chi connectivity index (χ0v) is 14.6. The number of carbonyl (C=O) groups is 2. The van der Waals surface area contributed by atoms with Crippen LogP contribution in [0.4, 0.5) is 11.4 Å². The summed E-state index contributed by atoms with van der Waals surface area (Å²) in [5.41, 5.74) is 1.85. The monoisotopic (exact) mass is 316 g/mol. The summed E-state index contributed by atoms with van der Waals surface area (Å²) in [6.07, 6.45) is 4.20. The van der Waals surface area contributed by atoms with Crippen LogP contribution in [0.5, 0.6) is 0 Å². The Morgan fingerprint density at radius 2 is 1.39 bits per heavy atom. The molecule has 2 N–H and O–H groups in total. The molecular weight excluding hydrogens is 288 g/mol. The van der Waals surface area contributed by atoms with Gasteiger partial charge in [0.1, 0.15) is 0 Å². The van der Waals surface area contributed by atoms with Crippen molar-refractivity contribution in [2.24, 2.45) is 17.3 Å². The molecule has 0 aromatic heterocycles. The summed E-state index contributed by atoms with van der Waals surface area (Å²) in [6, 6.07) is 7.24. The van der Waals surface area contributed by atoms with Crippen LogP contribution in [-0.4, -0.2) is 11.8 Å². The van der Waals surface area contributed by atoms with E-state index in [-0.39, 0.29) is 17.7 Å². The molecule has 23 heavy (non-hydrogen) atoms. The second-order valence-corrected chi connectivity index (χ2v) is 7.66. The van der Waals surface area contributed by atoms with Gasteiger partial charge in [-0.15, -0.1) is 0 Å². The molecule has 4 nitrogen and oxygen atoms in total. The van der Waals surface area contributed by atoms with E-state index in [0.717, 1.165) is 37.1 Å². The van der Waals surface area contributed by atoms with Crippen LogP contribution in [0, 0.1) is 17.3 Å². The second kappa shape index (κ2) is 7.16. The molecule has 126 valence electrons. The number of carbonyl (C=O) groups excluding carboxylic acids is 2. The fraction of sp³-hybridized carbons (Fsp3) is 0.579. The highest BCUT2D eigenvalue weighted by molar-refractivity contribution is 5.93. The summed E-state index contributed by atoms with van der Waals surface area (Å²) in [5, 5.41) is 5.71. The fourth-order valence-electron chi connectivity index (χ4n) is 3.31. The van der Waals surface area contributed by atoms with Gasteiger partial charge in [0.15, 0.2) is 0 Å². The van der Waals surface area contributed by atoms with Gasteiger partial charge in [-0.05, 0) is 61.3 Å². The quantitative estimate of drug-likeness (QED) is 0.866. The SMILES string of the molecule is CC(=O)Nc1ccc(NC(=O)C2CCC(C(C)(C)C)CC2)cc1. The van der Waals surface area contributed by atoms with Crippen molar-refractivity contribution in [3.05, 3.63) is 24.3 Å². The Morgan fingerprint density at radius 1 is 0.913 bits per heavy atom. The Labute approximate surface area is 139 Å². The van der Waals surface area contributed by atoms with Crippen LogP contribution in [0.3, 0.4) is 0 Å². The zero-order chi connectivity index (χ0) is 17.0. The molecule has 2 rings (SSSR count). The third kappa shape index (κ3) is 5.08. The van der Waals surface area contributed by atoms with Crippen LogP contribution >= 0.6 is 0 Å². The molecule has 1 aromatic carbocycles. The maximum absolute atomic E-state index is 12.4. The number of benzene rings is 1. The van der Waals surface area contributed by atoms with Gasteiger partial charge in [-0.1, -0.05) is 20.8 Å². The van der Waals surface area contributed by atoms with E-state index in [1.54, 1.807) is 12.1 Å². The molecule has 0 spiro atoms. The first kappa shape index (κ1) is 17.5. The number of hydrogen-bond donors (Lipinski definition) is 2. The lowest BCUT2D eigenvalue weighted by Crippen LogP contribution is -2.31. The van der Waals surface area contributed by atoms with E-state index >= 15 is 0 Å². The van der Waals surface area contributed by atoms with Gasteiger partial charge in [-0.3, -0.25) is 9.59 Å². The lowest BCUT2D eigenvalue weighted by molar-refractivity contribution is -0.121. The van der Waals surface area contributed by atoms with Crippen LogP contribution < -0.4 is 10.6 Å². The first-order chi connectivity index (χ1) is 10.8. The predicted octanol–water partition coefficient (Wildman–Crippen LogP) is 4.44. The van der Waals surface area contributed by atoms with E-state index in [9.17, 15) is 9.59 Å². The summed E-state index contributed by atoms with van der Waals surface area (Å²) >= 11 is 0. The Balaban J connectivity index is 1.87. The molecular formula is C19H28N2O2. The molecule has 0 unspecified atom stereocenters. The summed E-state index contributed by atoms with van der Waals surface area (Å²) < 4.78 is 0. The van der Waals surface area contributed by atoms with Crippen molar-refractivity contribution < 1.29 is 9.59 Å². The van der Waals surface area contributed by atoms with E-state index in [1.807, 2.05) is 12.1 Å². The maximum Gasteiger partial charge on any atom is 0.227 e. The van der Waals surface area contributed by atoms with E-state index in [2.05, 4.69) is 31.4 Å². The van der Waals surface area contributed by atoms with Crippen molar-refractivity contribution >= 4 is 23.2 Å². The minimum absolute atomic E-state index is 0.0996. The van der Waals surface area contributed by atoms with Gasteiger partial charge in [-0.2, -0.15) is 0 Å². The van der Waals surface area contributed by atoms with Crippen LogP contribution in [0.15, 0.2) is 24.3 Å². The van der Waals surface area contributed by atoms with Gasteiger partial charge in [0.25, 0.3) is 0 Å². The fourth-order valence-corrected chi connectivity index (χ4v) is 3.31. The molecule has 0 heterocycles. The van der Waals surface area contributed by atoms with Crippen molar-refractivity contribution in [1.29, 1.82) is 0 Å². The summed E-state index contributed by atoms with van der Waals surface area (Å²) in [7, 11) is 0. The van der Waals surface area contributed by atoms with E-state index in [0.29, 0.717) is 11.3 Å². The third-order valence-electron chi connectivity index (χ3n) is 4.80. The minimum Gasteiger partial charge on any atom is -0.326 e. The Bertz CT molecular complexity index is 550. The zero-order valence-electron chi connectivity index (χ0n) is 14.6. The molecule has 4 heteroatoms. The Morgan fingerprint density at radius 3 is 1.83 bits per heavy atom. The van der Waals surface area contributed by atoms with Gasteiger partial charge < -0.3 is 10.6 Å². The van der Waals surface area contributed by atoms with Crippen molar-refractivity contribution in [2.75, 3.05) is 10.6 Å². The average molecular weight is 316 g/mol. The van der Waals surface area contributed by atoms with E-state index in [4.69, 9.17) is 0 Å². The van der Waals surface area contributed by atoms with Crippen molar-refractivity contribution in [2.45, 2.75) is 53.4 Å². The number of anilines is 2. The molecule has 2 amide bonds. The average Bonchev–Trinajstić information content (AvgIpc) is 2.48.